The van der Waals surface area contributed by atoms with Crippen molar-refractivity contribution < 1.29 is 14.3 Å². The third kappa shape index (κ3) is 3.66. The first-order chi connectivity index (χ1) is 8.27. The molecule has 0 aromatic rings. The molecule has 0 spiro atoms. The van der Waals surface area contributed by atoms with Crippen LogP contribution in [0.15, 0.2) is 0 Å². The van der Waals surface area contributed by atoms with Crippen LogP contribution in [0.25, 0.3) is 0 Å². The normalized spacial score (nSPS) is 27.1. The van der Waals surface area contributed by atoms with Crippen molar-refractivity contribution in [3.05, 3.63) is 0 Å². The lowest BCUT2D eigenvalue weighted by molar-refractivity contribution is -0.144. The zero-order valence-electron chi connectivity index (χ0n) is 10.5. The summed E-state index contributed by atoms with van der Waals surface area (Å²) in [7, 11) is 0. The molecule has 0 saturated carbocycles. The van der Waals surface area contributed by atoms with Crippen LogP contribution in [0.1, 0.15) is 13.3 Å². The van der Waals surface area contributed by atoms with Gasteiger partial charge in [-0.05, 0) is 13.3 Å². The Labute approximate surface area is 102 Å². The number of hydrogen-bond donors (Lipinski definition) is 1. The van der Waals surface area contributed by atoms with Crippen LogP contribution in [0.5, 0.6) is 0 Å². The first kappa shape index (κ1) is 12.8. The van der Waals surface area contributed by atoms with Crippen molar-refractivity contribution >= 4 is 5.91 Å². The molecule has 2 atom stereocenters. The van der Waals surface area contributed by atoms with Gasteiger partial charge in [0.05, 0.1) is 13.2 Å². The van der Waals surface area contributed by atoms with Crippen LogP contribution >= 0.6 is 0 Å². The number of piperazine rings is 1. The van der Waals surface area contributed by atoms with Gasteiger partial charge in [-0.1, -0.05) is 0 Å². The van der Waals surface area contributed by atoms with Crippen molar-refractivity contribution in [3.8, 4) is 0 Å². The molecule has 0 radical (unpaired) electrons. The number of carbonyl (C=O) groups is 1. The van der Waals surface area contributed by atoms with Gasteiger partial charge in [0.1, 0.15) is 6.10 Å². The van der Waals surface area contributed by atoms with Crippen molar-refractivity contribution in [1.29, 1.82) is 0 Å². The van der Waals surface area contributed by atoms with Gasteiger partial charge in [0, 0.05) is 38.7 Å². The lowest BCUT2D eigenvalue weighted by atomic mass is 10.1. The van der Waals surface area contributed by atoms with Gasteiger partial charge in [-0.2, -0.15) is 0 Å². The predicted molar refractivity (Wildman–Crippen MR) is 63.8 cm³/mol. The SMILES string of the molecule is CC(OCC1CCOC1)C(=O)N1CCNCC1. The van der Waals surface area contributed by atoms with Gasteiger partial charge in [-0.3, -0.25) is 4.79 Å². The Hall–Kier alpha value is -0.650. The number of nitrogens with one attached hydrogen (secondary N) is 1. The van der Waals surface area contributed by atoms with E-state index >= 15 is 0 Å². The molecule has 98 valence electrons. The summed E-state index contributed by atoms with van der Waals surface area (Å²) in [6.07, 6.45) is 0.725. The molecule has 1 amide bonds. The van der Waals surface area contributed by atoms with Crippen LogP contribution in [0.2, 0.25) is 0 Å². The minimum absolute atomic E-state index is 0.116. The zero-order chi connectivity index (χ0) is 12.1. The van der Waals surface area contributed by atoms with Crippen molar-refractivity contribution in [1.82, 2.24) is 10.2 Å². The molecule has 2 fully saturated rings. The number of carbonyl (C=O) groups excluding carboxylic acids is 1. The third-order valence-electron chi connectivity index (χ3n) is 3.38. The molecule has 0 aromatic heterocycles. The molecule has 0 bridgehead atoms. The Bertz CT molecular complexity index is 248. The van der Waals surface area contributed by atoms with Crippen molar-refractivity contribution in [3.63, 3.8) is 0 Å². The van der Waals surface area contributed by atoms with E-state index in [1.54, 1.807) is 0 Å². The fourth-order valence-electron chi connectivity index (χ4n) is 2.21. The van der Waals surface area contributed by atoms with Crippen LogP contribution in [-0.4, -0.2) is 62.9 Å². The summed E-state index contributed by atoms with van der Waals surface area (Å²) in [6.45, 7) is 7.43. The summed E-state index contributed by atoms with van der Waals surface area (Å²) < 4.78 is 10.9. The lowest BCUT2D eigenvalue weighted by Crippen LogP contribution is -2.49. The maximum atomic E-state index is 12.0. The molecule has 2 saturated heterocycles. The highest BCUT2D eigenvalue weighted by Crippen LogP contribution is 2.13. The highest BCUT2D eigenvalue weighted by molar-refractivity contribution is 5.80. The Morgan fingerprint density at radius 1 is 1.53 bits per heavy atom. The molecule has 0 aromatic carbocycles. The number of ether oxygens (including phenoxy) is 2. The highest BCUT2D eigenvalue weighted by atomic mass is 16.5. The lowest BCUT2D eigenvalue weighted by Gasteiger charge is -2.30. The maximum absolute atomic E-state index is 12.0. The van der Waals surface area contributed by atoms with Gasteiger partial charge in [-0.15, -0.1) is 0 Å². The molecule has 1 N–H and O–H groups in total. The smallest absolute Gasteiger partial charge is 0.251 e. The Morgan fingerprint density at radius 2 is 2.29 bits per heavy atom. The molecule has 5 nitrogen and oxygen atoms in total. The average Bonchev–Trinajstić information content (AvgIpc) is 2.89. The Morgan fingerprint density at radius 3 is 2.94 bits per heavy atom. The van der Waals surface area contributed by atoms with E-state index in [2.05, 4.69) is 5.32 Å². The molecule has 17 heavy (non-hydrogen) atoms. The first-order valence-electron chi connectivity index (χ1n) is 6.46. The van der Waals surface area contributed by atoms with Crippen LogP contribution in [0.3, 0.4) is 0 Å². The summed E-state index contributed by atoms with van der Waals surface area (Å²) in [4.78, 5) is 13.9. The summed E-state index contributed by atoms with van der Waals surface area (Å²) in [5, 5.41) is 3.23. The third-order valence-corrected chi connectivity index (χ3v) is 3.38. The van der Waals surface area contributed by atoms with Gasteiger partial charge in [0.2, 0.25) is 0 Å². The minimum atomic E-state index is -0.325. The Balaban J connectivity index is 1.70. The van der Waals surface area contributed by atoms with Gasteiger partial charge < -0.3 is 19.7 Å². The van der Waals surface area contributed by atoms with E-state index < -0.39 is 0 Å². The van der Waals surface area contributed by atoms with Gasteiger partial charge in [0.25, 0.3) is 5.91 Å². The molecular formula is C12H22N2O3. The molecule has 2 unspecified atom stereocenters. The summed E-state index contributed by atoms with van der Waals surface area (Å²) >= 11 is 0. The topological polar surface area (TPSA) is 50.8 Å². The van der Waals surface area contributed by atoms with E-state index in [4.69, 9.17) is 9.47 Å². The summed E-state index contributed by atoms with van der Waals surface area (Å²) in [5.41, 5.74) is 0. The minimum Gasteiger partial charge on any atom is -0.381 e. The van der Waals surface area contributed by atoms with Gasteiger partial charge in [0.15, 0.2) is 0 Å². The monoisotopic (exact) mass is 242 g/mol. The van der Waals surface area contributed by atoms with Crippen molar-refractivity contribution in [2.45, 2.75) is 19.4 Å². The maximum Gasteiger partial charge on any atom is 0.251 e. The zero-order valence-corrected chi connectivity index (χ0v) is 10.5. The molecule has 0 aliphatic carbocycles. The van der Waals surface area contributed by atoms with Gasteiger partial charge >= 0.3 is 0 Å². The van der Waals surface area contributed by atoms with E-state index in [0.29, 0.717) is 12.5 Å². The van der Waals surface area contributed by atoms with E-state index in [9.17, 15) is 4.79 Å². The summed E-state index contributed by atoms with van der Waals surface area (Å²) in [5.74, 6) is 0.582. The molecule has 2 heterocycles. The predicted octanol–water partition coefficient (Wildman–Crippen LogP) is -0.140. The second-order valence-electron chi connectivity index (χ2n) is 4.78. The number of rotatable bonds is 4. The van der Waals surface area contributed by atoms with E-state index in [0.717, 1.165) is 45.8 Å². The van der Waals surface area contributed by atoms with Crippen LogP contribution < -0.4 is 5.32 Å². The van der Waals surface area contributed by atoms with Crippen molar-refractivity contribution in [2.75, 3.05) is 46.0 Å². The second-order valence-corrected chi connectivity index (χ2v) is 4.78. The quantitative estimate of drug-likeness (QED) is 0.745. The molecule has 2 aliphatic heterocycles. The summed E-state index contributed by atoms with van der Waals surface area (Å²) in [6, 6.07) is 0. The van der Waals surface area contributed by atoms with E-state index in [1.165, 1.54) is 0 Å². The van der Waals surface area contributed by atoms with Crippen LogP contribution in [0, 0.1) is 5.92 Å². The molecular weight excluding hydrogens is 220 g/mol. The highest BCUT2D eigenvalue weighted by Gasteiger charge is 2.24. The molecule has 2 aliphatic rings. The van der Waals surface area contributed by atoms with Crippen LogP contribution in [-0.2, 0) is 14.3 Å². The van der Waals surface area contributed by atoms with Gasteiger partial charge in [-0.25, -0.2) is 0 Å². The molecule has 5 heteroatoms. The van der Waals surface area contributed by atoms with E-state index in [1.807, 2.05) is 11.8 Å². The number of amides is 1. The second kappa shape index (κ2) is 6.33. The first-order valence-corrected chi connectivity index (χ1v) is 6.46. The van der Waals surface area contributed by atoms with Crippen LogP contribution in [0.4, 0.5) is 0 Å². The number of nitrogens with zero attached hydrogens (tertiary/aromatic N) is 1. The fraction of sp³-hybridized carbons (Fsp3) is 0.917. The van der Waals surface area contributed by atoms with Crippen molar-refractivity contribution in [2.24, 2.45) is 5.92 Å². The number of hydrogen-bond acceptors (Lipinski definition) is 4. The Kier molecular flexibility index (Phi) is 4.76. The fourth-order valence-corrected chi connectivity index (χ4v) is 2.21. The standard InChI is InChI=1S/C12H22N2O3/c1-10(17-9-11-2-7-16-8-11)12(15)14-5-3-13-4-6-14/h10-11,13H,2-9H2,1H3. The largest absolute Gasteiger partial charge is 0.381 e. The average molecular weight is 242 g/mol. The molecule has 2 rings (SSSR count). The van der Waals surface area contributed by atoms with E-state index in [-0.39, 0.29) is 12.0 Å².